The van der Waals surface area contributed by atoms with Gasteiger partial charge in [-0.2, -0.15) is 0 Å². The van der Waals surface area contributed by atoms with Crippen LogP contribution in [0, 0.1) is 6.92 Å². The van der Waals surface area contributed by atoms with Crippen LogP contribution in [-0.2, 0) is 4.79 Å². The number of aromatic nitrogens is 1. The summed E-state index contributed by atoms with van der Waals surface area (Å²) in [6.45, 7) is 1.98. The van der Waals surface area contributed by atoms with Crippen LogP contribution >= 0.6 is 27.3 Å². The van der Waals surface area contributed by atoms with Crippen molar-refractivity contribution in [3.63, 3.8) is 0 Å². The van der Waals surface area contributed by atoms with Gasteiger partial charge < -0.3 is 15.2 Å². The Bertz CT molecular complexity index is 1380. The van der Waals surface area contributed by atoms with Gasteiger partial charge in [0.25, 0.3) is 5.91 Å². The molecule has 1 amide bonds. The average Bonchev–Trinajstić information content (AvgIpc) is 3.32. The highest BCUT2D eigenvalue weighted by Gasteiger charge is 2.17. The van der Waals surface area contributed by atoms with Gasteiger partial charge >= 0.3 is 5.97 Å². The standard InChI is InChI=1S/C26H19BrN2O4S/c1-16-5-4-6-18(13-16)22-15-34-25(29-22)24(30)28-21(26(31)32)14-17-9-11-19(12-10-17)33-23-8-3-2-7-20(23)27/h2-15H,1H3,(H,28,30)(H,31,32)/b21-14-. The first-order valence-electron chi connectivity index (χ1n) is 10.2. The van der Waals surface area contributed by atoms with Crippen molar-refractivity contribution in [2.75, 3.05) is 0 Å². The van der Waals surface area contributed by atoms with Gasteiger partial charge in [0.15, 0.2) is 5.01 Å². The van der Waals surface area contributed by atoms with Crippen molar-refractivity contribution in [3.8, 4) is 22.8 Å². The lowest BCUT2D eigenvalue weighted by Crippen LogP contribution is -2.27. The van der Waals surface area contributed by atoms with E-state index in [4.69, 9.17) is 4.74 Å². The number of benzene rings is 3. The van der Waals surface area contributed by atoms with Gasteiger partial charge in [0.2, 0.25) is 0 Å². The fourth-order valence-corrected chi connectivity index (χ4v) is 4.18. The molecule has 34 heavy (non-hydrogen) atoms. The summed E-state index contributed by atoms with van der Waals surface area (Å²) in [5, 5.41) is 14.0. The van der Waals surface area contributed by atoms with E-state index in [1.165, 1.54) is 6.08 Å². The Morgan fingerprint density at radius 3 is 2.53 bits per heavy atom. The molecular weight excluding hydrogens is 516 g/mol. The zero-order valence-electron chi connectivity index (χ0n) is 18.0. The lowest BCUT2D eigenvalue weighted by molar-refractivity contribution is -0.132. The van der Waals surface area contributed by atoms with Gasteiger partial charge in [-0.25, -0.2) is 9.78 Å². The van der Waals surface area contributed by atoms with Crippen LogP contribution in [0.2, 0.25) is 0 Å². The Morgan fingerprint density at radius 1 is 1.06 bits per heavy atom. The molecule has 0 spiro atoms. The Labute approximate surface area is 208 Å². The number of nitrogens with zero attached hydrogens (tertiary/aromatic N) is 1. The van der Waals surface area contributed by atoms with Crippen LogP contribution < -0.4 is 10.1 Å². The summed E-state index contributed by atoms with van der Waals surface area (Å²) in [4.78, 5) is 28.8. The number of nitrogens with one attached hydrogen (secondary N) is 1. The van der Waals surface area contributed by atoms with E-state index in [1.54, 1.807) is 29.6 Å². The summed E-state index contributed by atoms with van der Waals surface area (Å²) in [6.07, 6.45) is 1.39. The van der Waals surface area contributed by atoms with E-state index < -0.39 is 11.9 Å². The van der Waals surface area contributed by atoms with E-state index in [1.807, 2.05) is 55.5 Å². The first-order chi connectivity index (χ1) is 16.4. The number of amides is 1. The van der Waals surface area contributed by atoms with Crippen molar-refractivity contribution in [3.05, 3.63) is 104 Å². The number of ether oxygens (including phenoxy) is 1. The first kappa shape index (κ1) is 23.4. The molecule has 0 bridgehead atoms. The fraction of sp³-hybridized carbons (Fsp3) is 0.0385. The van der Waals surface area contributed by atoms with Gasteiger partial charge in [-0.15, -0.1) is 11.3 Å². The number of carbonyl (C=O) groups excluding carboxylic acids is 1. The maximum atomic E-state index is 12.7. The van der Waals surface area contributed by atoms with E-state index in [0.29, 0.717) is 22.8 Å². The van der Waals surface area contributed by atoms with Crippen LogP contribution in [0.25, 0.3) is 17.3 Å². The van der Waals surface area contributed by atoms with Crippen LogP contribution in [0.3, 0.4) is 0 Å². The third kappa shape index (κ3) is 5.78. The molecule has 0 atom stereocenters. The molecule has 0 aliphatic carbocycles. The number of aliphatic carboxylic acids is 1. The molecule has 2 N–H and O–H groups in total. The average molecular weight is 535 g/mol. The lowest BCUT2D eigenvalue weighted by Gasteiger charge is -2.08. The zero-order chi connectivity index (χ0) is 24.1. The predicted octanol–water partition coefficient (Wildman–Crippen LogP) is 6.53. The summed E-state index contributed by atoms with van der Waals surface area (Å²) in [5.74, 6) is -0.571. The summed E-state index contributed by atoms with van der Waals surface area (Å²) in [7, 11) is 0. The molecule has 170 valence electrons. The molecule has 0 fully saturated rings. The zero-order valence-corrected chi connectivity index (χ0v) is 20.4. The summed E-state index contributed by atoms with van der Waals surface area (Å²) < 4.78 is 6.65. The Balaban J connectivity index is 1.48. The largest absolute Gasteiger partial charge is 0.477 e. The van der Waals surface area contributed by atoms with Crippen molar-refractivity contribution in [2.24, 2.45) is 0 Å². The van der Waals surface area contributed by atoms with E-state index in [9.17, 15) is 14.7 Å². The summed E-state index contributed by atoms with van der Waals surface area (Å²) in [5.41, 5.74) is 2.99. The quantitative estimate of drug-likeness (QED) is 0.263. The molecule has 0 aliphatic rings. The Hall–Kier alpha value is -3.75. The van der Waals surface area contributed by atoms with E-state index in [0.717, 1.165) is 26.9 Å². The Kier molecular flexibility index (Phi) is 7.20. The summed E-state index contributed by atoms with van der Waals surface area (Å²) >= 11 is 4.59. The van der Waals surface area contributed by atoms with Gasteiger partial charge in [-0.05, 0) is 64.8 Å². The van der Waals surface area contributed by atoms with Gasteiger partial charge in [-0.1, -0.05) is 48.0 Å². The second-order valence-electron chi connectivity index (χ2n) is 7.33. The van der Waals surface area contributed by atoms with Gasteiger partial charge in [0, 0.05) is 10.9 Å². The van der Waals surface area contributed by atoms with Crippen molar-refractivity contribution in [1.29, 1.82) is 0 Å². The SMILES string of the molecule is Cc1cccc(-c2csc(C(=O)N/C(=C\c3ccc(Oc4ccccc4Br)cc3)C(=O)O)n2)c1. The van der Waals surface area contributed by atoms with Crippen LogP contribution in [0.15, 0.2) is 88.3 Å². The molecule has 3 aromatic carbocycles. The van der Waals surface area contributed by atoms with E-state index in [2.05, 4.69) is 26.2 Å². The first-order valence-corrected chi connectivity index (χ1v) is 11.9. The summed E-state index contributed by atoms with van der Waals surface area (Å²) in [6, 6.07) is 22.1. The number of aryl methyl sites for hydroxylation is 1. The van der Waals surface area contributed by atoms with E-state index >= 15 is 0 Å². The van der Waals surface area contributed by atoms with E-state index in [-0.39, 0.29) is 10.7 Å². The molecular formula is C26H19BrN2O4S. The van der Waals surface area contributed by atoms with Crippen molar-refractivity contribution in [2.45, 2.75) is 6.92 Å². The molecule has 0 radical (unpaired) electrons. The number of thiazole rings is 1. The second-order valence-corrected chi connectivity index (χ2v) is 9.04. The number of hydrogen-bond acceptors (Lipinski definition) is 5. The van der Waals surface area contributed by atoms with Crippen LogP contribution in [-0.4, -0.2) is 22.0 Å². The third-order valence-corrected chi connectivity index (χ3v) is 6.24. The highest BCUT2D eigenvalue weighted by atomic mass is 79.9. The number of carboxylic acids is 1. The third-order valence-electron chi connectivity index (χ3n) is 4.75. The fourth-order valence-electron chi connectivity index (χ4n) is 3.10. The maximum absolute atomic E-state index is 12.7. The normalized spacial score (nSPS) is 11.2. The van der Waals surface area contributed by atoms with Crippen LogP contribution in [0.4, 0.5) is 0 Å². The minimum atomic E-state index is -1.25. The predicted molar refractivity (Wildman–Crippen MR) is 136 cm³/mol. The number of hydrogen-bond donors (Lipinski definition) is 2. The molecule has 8 heteroatoms. The molecule has 4 aromatic rings. The van der Waals surface area contributed by atoms with Crippen molar-refractivity contribution >= 4 is 45.2 Å². The number of para-hydroxylation sites is 1. The topological polar surface area (TPSA) is 88.5 Å². The minimum absolute atomic E-state index is 0.181. The number of halogens is 1. The molecule has 4 rings (SSSR count). The van der Waals surface area contributed by atoms with Gasteiger partial charge in [0.05, 0.1) is 10.2 Å². The molecule has 0 unspecified atom stereocenters. The lowest BCUT2D eigenvalue weighted by atomic mass is 10.1. The van der Waals surface area contributed by atoms with Gasteiger partial charge in [0.1, 0.15) is 17.2 Å². The Morgan fingerprint density at radius 2 is 1.82 bits per heavy atom. The minimum Gasteiger partial charge on any atom is -0.477 e. The molecule has 0 saturated heterocycles. The highest BCUT2D eigenvalue weighted by Crippen LogP contribution is 2.29. The van der Waals surface area contributed by atoms with Crippen molar-refractivity contribution < 1.29 is 19.4 Å². The molecule has 1 aromatic heterocycles. The smallest absolute Gasteiger partial charge is 0.352 e. The van der Waals surface area contributed by atoms with Gasteiger partial charge in [-0.3, -0.25) is 4.79 Å². The second kappa shape index (κ2) is 10.5. The monoisotopic (exact) mass is 534 g/mol. The number of carbonyl (C=O) groups is 2. The van der Waals surface area contributed by atoms with Crippen LogP contribution in [0.5, 0.6) is 11.5 Å². The molecule has 0 saturated carbocycles. The van der Waals surface area contributed by atoms with Crippen molar-refractivity contribution in [1.82, 2.24) is 10.3 Å². The highest BCUT2D eigenvalue weighted by molar-refractivity contribution is 9.10. The molecule has 0 aliphatic heterocycles. The van der Waals surface area contributed by atoms with Crippen LogP contribution in [0.1, 0.15) is 20.9 Å². The maximum Gasteiger partial charge on any atom is 0.352 e. The number of carboxylic acid groups (broad SMARTS) is 1. The molecule has 1 heterocycles. The number of rotatable bonds is 7. The molecule has 6 nitrogen and oxygen atoms in total.